The lowest BCUT2D eigenvalue weighted by Crippen LogP contribution is -2.07. The molecule has 7 heteroatoms. The highest BCUT2D eigenvalue weighted by atomic mass is 79.9. The normalized spacial score (nSPS) is 10.7. The van der Waals surface area contributed by atoms with Crippen LogP contribution in [0.1, 0.15) is 23.9 Å². The van der Waals surface area contributed by atoms with Crippen LogP contribution >= 0.6 is 15.9 Å². The molecule has 1 aromatic carbocycles. The average molecular weight is 356 g/mol. The summed E-state index contributed by atoms with van der Waals surface area (Å²) in [5.74, 6) is 1.35. The number of halogens is 1. The molecule has 0 aliphatic heterocycles. The summed E-state index contributed by atoms with van der Waals surface area (Å²) in [5, 5.41) is 10.7. The summed E-state index contributed by atoms with van der Waals surface area (Å²) in [6.07, 6.45) is 0. The zero-order chi connectivity index (χ0) is 15.2. The van der Waals surface area contributed by atoms with Gasteiger partial charge in [0.25, 0.3) is 0 Å². The minimum absolute atomic E-state index is 0.277. The van der Waals surface area contributed by atoms with Crippen LogP contribution in [-0.2, 0) is 13.2 Å². The lowest BCUT2D eigenvalue weighted by atomic mass is 10.2. The molecule has 2 rings (SSSR count). The van der Waals surface area contributed by atoms with Gasteiger partial charge in [-0.3, -0.25) is 0 Å². The first-order chi connectivity index (χ1) is 10.2. The molecule has 0 radical (unpaired) electrons. The maximum absolute atomic E-state index is 5.82. The highest BCUT2D eigenvalue weighted by Crippen LogP contribution is 2.37. The van der Waals surface area contributed by atoms with E-state index in [9.17, 15) is 0 Å². The van der Waals surface area contributed by atoms with Crippen molar-refractivity contribution in [3.05, 3.63) is 33.6 Å². The lowest BCUT2D eigenvalue weighted by molar-refractivity contribution is 0.251. The molecule has 0 unspecified atom stereocenters. The van der Waals surface area contributed by atoms with E-state index >= 15 is 0 Å². The zero-order valence-electron chi connectivity index (χ0n) is 12.3. The summed E-state index contributed by atoms with van der Waals surface area (Å²) < 4.78 is 17.0. The Bertz CT molecular complexity index is 601. The fraction of sp³-hybridized carbons (Fsp3) is 0.429. The first kappa shape index (κ1) is 15.8. The Morgan fingerprint density at radius 2 is 2.10 bits per heavy atom. The maximum atomic E-state index is 5.82. The van der Waals surface area contributed by atoms with Gasteiger partial charge in [0.2, 0.25) is 0 Å². The van der Waals surface area contributed by atoms with Crippen LogP contribution in [0.2, 0.25) is 0 Å². The standard InChI is InChI=1S/C14H18BrN3O3/c1-4-19-13-6-10(7-16-3)5-11(15)14(13)20-8-12-9(2)17-21-18-12/h5-6,16H,4,7-8H2,1-3H3. The summed E-state index contributed by atoms with van der Waals surface area (Å²) in [6.45, 7) is 5.36. The summed E-state index contributed by atoms with van der Waals surface area (Å²) in [4.78, 5) is 0. The smallest absolute Gasteiger partial charge is 0.175 e. The van der Waals surface area contributed by atoms with E-state index in [-0.39, 0.29) is 6.61 Å². The Hall–Kier alpha value is -1.60. The van der Waals surface area contributed by atoms with Crippen molar-refractivity contribution in [3.8, 4) is 11.5 Å². The topological polar surface area (TPSA) is 69.4 Å². The Labute approximate surface area is 131 Å². The predicted octanol–water partition coefficient (Wildman–Crippen LogP) is 2.84. The monoisotopic (exact) mass is 355 g/mol. The molecule has 1 aromatic heterocycles. The minimum Gasteiger partial charge on any atom is -0.490 e. The van der Waals surface area contributed by atoms with Crippen molar-refractivity contribution in [2.45, 2.75) is 27.0 Å². The molecule has 0 aliphatic carbocycles. The van der Waals surface area contributed by atoms with Gasteiger partial charge in [-0.25, -0.2) is 4.63 Å². The van der Waals surface area contributed by atoms with Crippen molar-refractivity contribution in [2.24, 2.45) is 0 Å². The second-order valence-electron chi connectivity index (χ2n) is 4.45. The molecule has 0 saturated carbocycles. The van der Waals surface area contributed by atoms with Gasteiger partial charge in [-0.15, -0.1) is 0 Å². The summed E-state index contributed by atoms with van der Waals surface area (Å²) in [6, 6.07) is 3.97. The van der Waals surface area contributed by atoms with Crippen LogP contribution in [0.15, 0.2) is 21.2 Å². The third-order valence-corrected chi connectivity index (χ3v) is 3.44. The van der Waals surface area contributed by atoms with E-state index in [2.05, 4.69) is 36.2 Å². The average Bonchev–Trinajstić information content (AvgIpc) is 2.84. The Balaban J connectivity index is 2.22. The van der Waals surface area contributed by atoms with Gasteiger partial charge >= 0.3 is 0 Å². The molecule has 0 fully saturated rings. The van der Waals surface area contributed by atoms with Crippen LogP contribution in [0.3, 0.4) is 0 Å². The molecule has 21 heavy (non-hydrogen) atoms. The molecular weight excluding hydrogens is 338 g/mol. The molecule has 1 heterocycles. The van der Waals surface area contributed by atoms with Crippen LogP contribution in [0.4, 0.5) is 0 Å². The van der Waals surface area contributed by atoms with Gasteiger partial charge < -0.3 is 14.8 Å². The van der Waals surface area contributed by atoms with E-state index < -0.39 is 0 Å². The number of hydrogen-bond donors (Lipinski definition) is 1. The molecule has 0 aliphatic rings. The number of benzene rings is 1. The van der Waals surface area contributed by atoms with E-state index in [0.717, 1.165) is 22.3 Å². The minimum atomic E-state index is 0.277. The molecule has 6 nitrogen and oxygen atoms in total. The van der Waals surface area contributed by atoms with E-state index in [0.29, 0.717) is 23.8 Å². The second kappa shape index (κ2) is 7.42. The van der Waals surface area contributed by atoms with E-state index in [4.69, 9.17) is 9.47 Å². The summed E-state index contributed by atoms with van der Waals surface area (Å²) in [5.41, 5.74) is 2.50. The quantitative estimate of drug-likeness (QED) is 0.823. The highest BCUT2D eigenvalue weighted by Gasteiger charge is 2.14. The second-order valence-corrected chi connectivity index (χ2v) is 5.31. The Morgan fingerprint density at radius 1 is 1.29 bits per heavy atom. The number of nitrogens with zero attached hydrogens (tertiary/aromatic N) is 2. The van der Waals surface area contributed by atoms with Crippen LogP contribution in [0.25, 0.3) is 0 Å². The molecule has 2 aromatic rings. The lowest BCUT2D eigenvalue weighted by Gasteiger charge is -2.15. The van der Waals surface area contributed by atoms with Gasteiger partial charge in [0.05, 0.1) is 11.1 Å². The number of rotatable bonds is 7. The number of nitrogens with one attached hydrogen (secondary N) is 1. The van der Waals surface area contributed by atoms with Gasteiger partial charge in [0.1, 0.15) is 18.0 Å². The molecule has 0 atom stereocenters. The number of aromatic nitrogens is 2. The third kappa shape index (κ3) is 3.95. The zero-order valence-corrected chi connectivity index (χ0v) is 13.9. The highest BCUT2D eigenvalue weighted by molar-refractivity contribution is 9.10. The van der Waals surface area contributed by atoms with Crippen LogP contribution in [0.5, 0.6) is 11.5 Å². The first-order valence-corrected chi connectivity index (χ1v) is 7.45. The van der Waals surface area contributed by atoms with Crippen LogP contribution in [-0.4, -0.2) is 24.0 Å². The summed E-state index contributed by atoms with van der Waals surface area (Å²) >= 11 is 3.53. The Kier molecular flexibility index (Phi) is 5.58. The fourth-order valence-electron chi connectivity index (χ4n) is 1.85. The number of hydrogen-bond acceptors (Lipinski definition) is 6. The molecule has 1 N–H and O–H groups in total. The largest absolute Gasteiger partial charge is 0.490 e. The van der Waals surface area contributed by atoms with Crippen LogP contribution < -0.4 is 14.8 Å². The van der Waals surface area contributed by atoms with E-state index in [1.165, 1.54) is 0 Å². The molecule has 0 saturated heterocycles. The van der Waals surface area contributed by atoms with Gasteiger partial charge in [-0.05, 0) is 54.5 Å². The van der Waals surface area contributed by atoms with Crippen molar-refractivity contribution in [2.75, 3.05) is 13.7 Å². The van der Waals surface area contributed by atoms with Crippen molar-refractivity contribution in [3.63, 3.8) is 0 Å². The third-order valence-electron chi connectivity index (χ3n) is 2.85. The van der Waals surface area contributed by atoms with E-state index in [1.54, 1.807) is 0 Å². The fourth-order valence-corrected chi connectivity index (χ4v) is 2.46. The summed E-state index contributed by atoms with van der Waals surface area (Å²) in [7, 11) is 1.90. The van der Waals surface area contributed by atoms with Crippen molar-refractivity contribution < 1.29 is 14.1 Å². The Morgan fingerprint density at radius 3 is 2.71 bits per heavy atom. The molecule has 0 bridgehead atoms. The molecule has 0 spiro atoms. The van der Waals surface area contributed by atoms with Gasteiger partial charge in [-0.2, -0.15) is 0 Å². The van der Waals surface area contributed by atoms with Crippen molar-refractivity contribution in [1.82, 2.24) is 15.6 Å². The maximum Gasteiger partial charge on any atom is 0.175 e. The predicted molar refractivity (Wildman–Crippen MR) is 81.4 cm³/mol. The van der Waals surface area contributed by atoms with Gasteiger partial charge in [0.15, 0.2) is 11.5 Å². The number of ether oxygens (including phenoxy) is 2. The number of aryl methyl sites for hydroxylation is 1. The van der Waals surface area contributed by atoms with Crippen LogP contribution in [0, 0.1) is 6.92 Å². The molecule has 114 valence electrons. The first-order valence-electron chi connectivity index (χ1n) is 6.66. The van der Waals surface area contributed by atoms with E-state index in [1.807, 2.05) is 33.0 Å². The van der Waals surface area contributed by atoms with Gasteiger partial charge in [-0.1, -0.05) is 10.3 Å². The van der Waals surface area contributed by atoms with Crippen molar-refractivity contribution in [1.29, 1.82) is 0 Å². The van der Waals surface area contributed by atoms with Gasteiger partial charge in [0, 0.05) is 6.54 Å². The SMILES string of the molecule is CCOc1cc(CNC)cc(Br)c1OCc1nonc1C. The molecule has 0 amide bonds. The van der Waals surface area contributed by atoms with Crippen molar-refractivity contribution >= 4 is 15.9 Å². The molecular formula is C14H18BrN3O3.